The van der Waals surface area contributed by atoms with E-state index in [4.69, 9.17) is 4.74 Å². The predicted molar refractivity (Wildman–Crippen MR) is 84.6 cm³/mol. The molecule has 0 spiro atoms. The molecular formula is C14H27N5OS. The Balaban J connectivity index is 1.54. The number of nitrogens with zero attached hydrogens (tertiary/aromatic N) is 4. The van der Waals surface area contributed by atoms with Gasteiger partial charge < -0.3 is 10.1 Å². The smallest absolute Gasteiger partial charge is 0.209 e. The molecule has 1 aromatic rings. The summed E-state index contributed by atoms with van der Waals surface area (Å²) in [5.74, 6) is 1.01. The van der Waals surface area contributed by atoms with E-state index in [2.05, 4.69) is 20.8 Å². The van der Waals surface area contributed by atoms with Crippen molar-refractivity contribution in [3.05, 3.63) is 0 Å². The summed E-state index contributed by atoms with van der Waals surface area (Å²) in [6, 6.07) is 0.522. The molecule has 1 N–H and O–H groups in total. The summed E-state index contributed by atoms with van der Waals surface area (Å²) in [6.45, 7) is 5.79. The summed E-state index contributed by atoms with van der Waals surface area (Å²) in [6.07, 6.45) is 7.35. The van der Waals surface area contributed by atoms with Crippen LogP contribution in [0.5, 0.6) is 0 Å². The molecule has 0 atom stereocenters. The van der Waals surface area contributed by atoms with Gasteiger partial charge in [-0.3, -0.25) is 0 Å². The number of hydrogen-bond donors (Lipinski definition) is 1. The zero-order chi connectivity index (χ0) is 14.8. The fourth-order valence-electron chi connectivity index (χ4n) is 2.60. The van der Waals surface area contributed by atoms with Crippen LogP contribution in [0.2, 0.25) is 0 Å². The molecule has 6 nitrogen and oxygen atoms in total. The lowest BCUT2D eigenvalue weighted by Gasteiger charge is -2.10. The van der Waals surface area contributed by atoms with E-state index in [1.807, 2.05) is 11.6 Å². The number of thioether (sulfide) groups is 1. The van der Waals surface area contributed by atoms with Gasteiger partial charge in [0.1, 0.15) is 0 Å². The summed E-state index contributed by atoms with van der Waals surface area (Å²) in [7, 11) is 0. The Morgan fingerprint density at radius 1 is 1.29 bits per heavy atom. The molecular weight excluding hydrogens is 286 g/mol. The van der Waals surface area contributed by atoms with E-state index < -0.39 is 0 Å². The van der Waals surface area contributed by atoms with Gasteiger partial charge in [0.25, 0.3) is 0 Å². The molecule has 0 saturated heterocycles. The molecule has 0 radical (unpaired) electrons. The molecule has 120 valence electrons. The van der Waals surface area contributed by atoms with Gasteiger partial charge in [-0.05, 0) is 49.6 Å². The van der Waals surface area contributed by atoms with E-state index in [-0.39, 0.29) is 0 Å². The first-order chi connectivity index (χ1) is 10.4. The summed E-state index contributed by atoms with van der Waals surface area (Å²) in [5, 5.41) is 16.6. The lowest BCUT2D eigenvalue weighted by atomic mass is 10.3. The number of aromatic nitrogens is 4. The average Bonchev–Trinajstić information content (AvgIpc) is 3.16. The Bertz CT molecular complexity index is 381. The number of rotatable bonds is 11. The van der Waals surface area contributed by atoms with E-state index in [1.54, 1.807) is 11.8 Å². The molecule has 1 saturated carbocycles. The van der Waals surface area contributed by atoms with E-state index >= 15 is 0 Å². The molecule has 1 aliphatic carbocycles. The second kappa shape index (κ2) is 10.1. The first-order valence-corrected chi connectivity index (χ1v) is 9.09. The average molecular weight is 313 g/mol. The number of ether oxygens (including phenoxy) is 1. The van der Waals surface area contributed by atoms with Gasteiger partial charge in [0, 0.05) is 25.5 Å². The van der Waals surface area contributed by atoms with Gasteiger partial charge in [-0.15, -0.1) is 5.10 Å². The quantitative estimate of drug-likeness (QED) is 0.499. The summed E-state index contributed by atoms with van der Waals surface area (Å²) >= 11 is 1.75. The largest absolute Gasteiger partial charge is 0.382 e. The van der Waals surface area contributed by atoms with E-state index in [0.29, 0.717) is 6.04 Å². The van der Waals surface area contributed by atoms with Gasteiger partial charge in [-0.1, -0.05) is 24.6 Å². The molecule has 1 heterocycles. The Kier molecular flexibility index (Phi) is 8.06. The third-order valence-electron chi connectivity index (χ3n) is 3.74. The molecule has 0 aliphatic heterocycles. The molecule has 1 aromatic heterocycles. The second-order valence-corrected chi connectivity index (χ2v) is 6.41. The zero-order valence-corrected chi connectivity index (χ0v) is 13.8. The Hall–Kier alpha value is -0.660. The van der Waals surface area contributed by atoms with Gasteiger partial charge in [0.2, 0.25) is 5.16 Å². The fraction of sp³-hybridized carbons (Fsp3) is 0.929. The van der Waals surface area contributed by atoms with Crippen molar-refractivity contribution in [2.24, 2.45) is 0 Å². The maximum atomic E-state index is 5.32. The van der Waals surface area contributed by atoms with Gasteiger partial charge in [-0.2, -0.15) is 0 Å². The van der Waals surface area contributed by atoms with Crippen LogP contribution in [0.25, 0.3) is 0 Å². The zero-order valence-electron chi connectivity index (χ0n) is 13.0. The highest BCUT2D eigenvalue weighted by atomic mass is 32.2. The third kappa shape index (κ3) is 5.92. The highest BCUT2D eigenvalue weighted by Gasteiger charge is 2.21. The van der Waals surface area contributed by atoms with Crippen LogP contribution in [0.15, 0.2) is 5.16 Å². The van der Waals surface area contributed by atoms with Crippen LogP contribution >= 0.6 is 11.8 Å². The Labute approximate surface area is 131 Å². The van der Waals surface area contributed by atoms with Crippen LogP contribution < -0.4 is 5.32 Å². The lowest BCUT2D eigenvalue weighted by Crippen LogP contribution is -2.19. The van der Waals surface area contributed by atoms with Gasteiger partial charge in [0.15, 0.2) is 0 Å². The van der Waals surface area contributed by atoms with E-state index in [9.17, 15) is 0 Å². The first-order valence-electron chi connectivity index (χ1n) is 8.11. The number of hydrogen-bond acceptors (Lipinski definition) is 6. The van der Waals surface area contributed by atoms with Crippen LogP contribution in [-0.2, 0) is 4.74 Å². The number of unbranched alkanes of at least 4 members (excludes halogenated alkanes) is 1. The minimum absolute atomic E-state index is 0.522. The molecule has 0 bridgehead atoms. The molecule has 0 unspecified atom stereocenters. The molecule has 0 amide bonds. The first kappa shape index (κ1) is 16.7. The number of nitrogens with one attached hydrogen (secondary N) is 1. The van der Waals surface area contributed by atoms with Crippen LogP contribution in [0.3, 0.4) is 0 Å². The van der Waals surface area contributed by atoms with Gasteiger partial charge >= 0.3 is 0 Å². The monoisotopic (exact) mass is 313 g/mol. The molecule has 0 aromatic carbocycles. The fourth-order valence-corrected chi connectivity index (χ4v) is 3.44. The van der Waals surface area contributed by atoms with E-state index in [0.717, 1.165) is 43.6 Å². The molecule has 1 fully saturated rings. The third-order valence-corrected chi connectivity index (χ3v) is 4.67. The maximum Gasteiger partial charge on any atom is 0.209 e. The van der Waals surface area contributed by atoms with Crippen molar-refractivity contribution < 1.29 is 4.74 Å². The number of tetrazole rings is 1. The SMILES string of the molecule is CCOCCCCNCCSc1nnnn1C1CCCC1. The van der Waals surface area contributed by atoms with Crippen molar-refractivity contribution in [1.82, 2.24) is 25.5 Å². The van der Waals surface area contributed by atoms with Crippen LogP contribution in [0.1, 0.15) is 51.5 Å². The minimum atomic E-state index is 0.522. The molecule has 7 heteroatoms. The Morgan fingerprint density at radius 2 is 2.14 bits per heavy atom. The summed E-state index contributed by atoms with van der Waals surface area (Å²) in [5.41, 5.74) is 0. The summed E-state index contributed by atoms with van der Waals surface area (Å²) < 4.78 is 7.34. The van der Waals surface area contributed by atoms with E-state index in [1.165, 1.54) is 32.1 Å². The molecule has 2 rings (SSSR count). The molecule has 1 aliphatic rings. The van der Waals surface area contributed by atoms with Gasteiger partial charge in [0.05, 0.1) is 6.04 Å². The van der Waals surface area contributed by atoms with Crippen LogP contribution in [0, 0.1) is 0 Å². The van der Waals surface area contributed by atoms with Crippen molar-refractivity contribution in [3.63, 3.8) is 0 Å². The van der Waals surface area contributed by atoms with Crippen molar-refractivity contribution in [1.29, 1.82) is 0 Å². The minimum Gasteiger partial charge on any atom is -0.382 e. The van der Waals surface area contributed by atoms with Crippen LogP contribution in [-0.4, -0.2) is 52.3 Å². The lowest BCUT2D eigenvalue weighted by molar-refractivity contribution is 0.143. The normalized spacial score (nSPS) is 15.9. The van der Waals surface area contributed by atoms with Crippen molar-refractivity contribution >= 4 is 11.8 Å². The van der Waals surface area contributed by atoms with Crippen molar-refractivity contribution in [3.8, 4) is 0 Å². The standard InChI is InChI=1S/C14H27N5OS/c1-2-20-11-6-5-9-15-10-12-21-14-16-17-18-19(14)13-7-3-4-8-13/h13,15H,2-12H2,1H3. The van der Waals surface area contributed by atoms with Crippen molar-refractivity contribution in [2.45, 2.75) is 56.6 Å². The van der Waals surface area contributed by atoms with Crippen LogP contribution in [0.4, 0.5) is 0 Å². The second-order valence-electron chi connectivity index (χ2n) is 5.35. The summed E-state index contributed by atoms with van der Waals surface area (Å²) in [4.78, 5) is 0. The van der Waals surface area contributed by atoms with Gasteiger partial charge in [-0.25, -0.2) is 4.68 Å². The Morgan fingerprint density at radius 3 is 2.95 bits per heavy atom. The van der Waals surface area contributed by atoms with Crippen molar-refractivity contribution in [2.75, 3.05) is 32.1 Å². The topological polar surface area (TPSA) is 64.9 Å². The predicted octanol–water partition coefficient (Wildman–Crippen LogP) is 2.29. The highest BCUT2D eigenvalue weighted by Crippen LogP contribution is 2.31. The maximum absolute atomic E-state index is 5.32. The highest BCUT2D eigenvalue weighted by molar-refractivity contribution is 7.99. The molecule has 21 heavy (non-hydrogen) atoms.